The summed E-state index contributed by atoms with van der Waals surface area (Å²) in [5.41, 5.74) is 7.57. The van der Waals surface area contributed by atoms with Gasteiger partial charge in [0.1, 0.15) is 0 Å². The van der Waals surface area contributed by atoms with Crippen molar-refractivity contribution in [2.75, 3.05) is 30.3 Å². The van der Waals surface area contributed by atoms with Crippen LogP contribution in [-0.2, 0) is 28.8 Å². The van der Waals surface area contributed by atoms with Gasteiger partial charge in [-0.25, -0.2) is 4.79 Å². The minimum absolute atomic E-state index is 0.0453. The zero-order valence-electron chi connectivity index (χ0n) is 24.3. The Balaban J connectivity index is 0.996. The lowest BCUT2D eigenvalue weighted by Crippen LogP contribution is -2.22. The van der Waals surface area contributed by atoms with Gasteiger partial charge in [-0.2, -0.15) is 0 Å². The van der Waals surface area contributed by atoms with E-state index in [0.717, 1.165) is 83.9 Å². The number of unbranched alkanes of at least 4 members (excludes halogenated alkanes) is 4. The van der Waals surface area contributed by atoms with E-state index in [1.165, 1.54) is 36.7 Å². The number of ether oxygens (including phenoxy) is 1. The summed E-state index contributed by atoms with van der Waals surface area (Å²) in [6, 6.07) is 11.7. The fourth-order valence-electron chi connectivity index (χ4n) is 5.73. The van der Waals surface area contributed by atoms with Gasteiger partial charge in [0.05, 0.1) is 12.1 Å². The van der Waals surface area contributed by atoms with Crippen LogP contribution in [-0.4, -0.2) is 41.7 Å². The van der Waals surface area contributed by atoms with Crippen molar-refractivity contribution in [3.63, 3.8) is 0 Å². The third-order valence-corrected chi connectivity index (χ3v) is 8.10. The van der Waals surface area contributed by atoms with Crippen molar-refractivity contribution >= 4 is 56.8 Å². The Labute approximate surface area is 252 Å². The molecule has 4 aromatic rings. The van der Waals surface area contributed by atoms with Gasteiger partial charge in [0.15, 0.2) is 0 Å². The van der Waals surface area contributed by atoms with Gasteiger partial charge in [0.25, 0.3) is 0 Å². The molecule has 0 bridgehead atoms. The number of aromatic amines is 1. The molecule has 2 heterocycles. The van der Waals surface area contributed by atoms with E-state index in [1.807, 2.05) is 36.5 Å². The number of fused-ring (bicyclic) bond motifs is 3. The fourth-order valence-corrected chi connectivity index (χ4v) is 5.89. The zero-order chi connectivity index (χ0) is 29.3. The smallest absolute Gasteiger partial charge is 0.411 e. The summed E-state index contributed by atoms with van der Waals surface area (Å²) >= 11 is 6.24. The Morgan fingerprint density at radius 1 is 0.976 bits per heavy atom. The first-order valence-corrected chi connectivity index (χ1v) is 15.5. The van der Waals surface area contributed by atoms with Crippen LogP contribution in [0.15, 0.2) is 42.6 Å². The molecule has 2 aromatic carbocycles. The first-order chi connectivity index (χ1) is 20.5. The molecular weight excluding hydrogens is 550 g/mol. The van der Waals surface area contributed by atoms with E-state index in [9.17, 15) is 9.59 Å². The number of nitrogens with one attached hydrogen (secondary N) is 4. The van der Waals surface area contributed by atoms with Gasteiger partial charge in [-0.3, -0.25) is 15.1 Å². The van der Waals surface area contributed by atoms with Crippen LogP contribution in [0.3, 0.4) is 0 Å². The second-order valence-corrected chi connectivity index (χ2v) is 11.5. The van der Waals surface area contributed by atoms with Crippen LogP contribution in [0, 0.1) is 0 Å². The van der Waals surface area contributed by atoms with Crippen molar-refractivity contribution in [1.29, 1.82) is 0 Å². The van der Waals surface area contributed by atoms with E-state index < -0.39 is 6.09 Å². The highest BCUT2D eigenvalue weighted by Crippen LogP contribution is 2.34. The number of aryl methyl sites for hydroxylation is 1. The van der Waals surface area contributed by atoms with Crippen LogP contribution in [0.25, 0.3) is 21.8 Å². The number of amides is 2. The molecule has 2 amide bonds. The van der Waals surface area contributed by atoms with E-state index in [0.29, 0.717) is 25.3 Å². The Morgan fingerprint density at radius 2 is 1.81 bits per heavy atom. The number of halogens is 1. The molecule has 0 radical (unpaired) electrons. The monoisotopic (exact) mass is 589 g/mol. The lowest BCUT2D eigenvalue weighted by atomic mass is 9.92. The number of hydrogen-bond acceptors (Lipinski definition) is 5. The second-order valence-electron chi connectivity index (χ2n) is 11.0. The molecule has 0 spiro atoms. The third kappa shape index (κ3) is 7.73. The van der Waals surface area contributed by atoms with Crippen LogP contribution >= 0.6 is 11.6 Å². The second kappa shape index (κ2) is 14.4. The predicted molar refractivity (Wildman–Crippen MR) is 171 cm³/mol. The van der Waals surface area contributed by atoms with Crippen molar-refractivity contribution in [2.24, 2.45) is 0 Å². The van der Waals surface area contributed by atoms with E-state index in [-0.39, 0.29) is 5.91 Å². The van der Waals surface area contributed by atoms with Gasteiger partial charge in [0.2, 0.25) is 5.91 Å². The number of carbonyl (C=O) groups is 2. The average molecular weight is 590 g/mol. The van der Waals surface area contributed by atoms with Gasteiger partial charge in [-0.05, 0) is 92.5 Å². The first-order valence-electron chi connectivity index (χ1n) is 15.1. The molecule has 0 saturated carbocycles. The molecule has 0 unspecified atom stereocenters. The highest BCUT2D eigenvalue weighted by molar-refractivity contribution is 6.31. The topological polar surface area (TPSA) is 108 Å². The number of hydrogen-bond donors (Lipinski definition) is 4. The van der Waals surface area contributed by atoms with Crippen LogP contribution in [0.1, 0.15) is 68.7 Å². The van der Waals surface area contributed by atoms with Crippen LogP contribution in [0.5, 0.6) is 0 Å². The van der Waals surface area contributed by atoms with Gasteiger partial charge >= 0.3 is 6.09 Å². The van der Waals surface area contributed by atoms with Crippen molar-refractivity contribution in [2.45, 2.75) is 71.1 Å². The summed E-state index contributed by atoms with van der Waals surface area (Å²) in [5, 5.41) is 12.3. The number of pyridine rings is 1. The molecular formula is C33H40ClN5O3. The highest BCUT2D eigenvalue weighted by atomic mass is 35.5. The molecule has 2 aromatic heterocycles. The Bertz CT molecular complexity index is 1550. The predicted octanol–water partition coefficient (Wildman–Crippen LogP) is 7.54. The van der Waals surface area contributed by atoms with Gasteiger partial charge in [-0.15, -0.1) is 0 Å². The molecule has 1 aliphatic rings. The number of nitrogens with zero attached hydrogens (tertiary/aromatic N) is 1. The van der Waals surface area contributed by atoms with Crippen molar-refractivity contribution in [3.05, 3.63) is 64.4 Å². The molecule has 222 valence electrons. The van der Waals surface area contributed by atoms with E-state index in [1.54, 1.807) is 0 Å². The van der Waals surface area contributed by atoms with E-state index in [4.69, 9.17) is 21.3 Å². The molecule has 4 N–H and O–H groups in total. The van der Waals surface area contributed by atoms with Crippen LogP contribution < -0.4 is 16.0 Å². The quantitative estimate of drug-likeness (QED) is 0.120. The Kier molecular flexibility index (Phi) is 10.2. The number of benzene rings is 2. The van der Waals surface area contributed by atoms with Crippen LogP contribution in [0.2, 0.25) is 5.02 Å². The van der Waals surface area contributed by atoms with Crippen LogP contribution in [0.4, 0.5) is 16.2 Å². The standard InChI is InChI=1S/C33H40ClN5O3/c1-22(40)35-17-15-23-21-37-29-14-12-25(20-28(23)29)38-33(41)42-18-8-4-2-3-7-16-36-32-26-9-5-6-10-30(26)39-31-19-24(34)11-13-27(31)32/h11-14,19-21,37H,2-10,15-18H2,1H3,(H,35,40)(H,36,39)(H,38,41). The zero-order valence-corrected chi connectivity index (χ0v) is 25.0. The molecule has 9 heteroatoms. The summed E-state index contributed by atoms with van der Waals surface area (Å²) < 4.78 is 5.42. The third-order valence-electron chi connectivity index (χ3n) is 7.86. The summed E-state index contributed by atoms with van der Waals surface area (Å²) in [4.78, 5) is 31.6. The average Bonchev–Trinajstić information content (AvgIpc) is 3.37. The number of rotatable bonds is 13. The number of carbonyl (C=O) groups excluding carboxylic acids is 2. The lowest BCUT2D eigenvalue weighted by molar-refractivity contribution is -0.118. The molecule has 0 saturated heterocycles. The summed E-state index contributed by atoms with van der Waals surface area (Å²) in [6.45, 7) is 3.40. The van der Waals surface area contributed by atoms with E-state index in [2.05, 4.69) is 27.0 Å². The highest BCUT2D eigenvalue weighted by Gasteiger charge is 2.18. The maximum Gasteiger partial charge on any atom is 0.411 e. The van der Waals surface area contributed by atoms with E-state index >= 15 is 0 Å². The van der Waals surface area contributed by atoms with Crippen molar-refractivity contribution in [1.82, 2.24) is 15.3 Å². The molecule has 0 fully saturated rings. The maximum atomic E-state index is 12.3. The number of anilines is 2. The van der Waals surface area contributed by atoms with Crippen molar-refractivity contribution in [3.8, 4) is 0 Å². The molecule has 42 heavy (non-hydrogen) atoms. The summed E-state index contributed by atoms with van der Waals surface area (Å²) in [5.74, 6) is -0.0453. The number of aromatic nitrogens is 2. The molecule has 1 aliphatic carbocycles. The molecule has 8 nitrogen and oxygen atoms in total. The summed E-state index contributed by atoms with van der Waals surface area (Å²) in [6.07, 6.45) is 11.9. The van der Waals surface area contributed by atoms with Gasteiger partial charge in [0, 0.05) is 64.6 Å². The maximum absolute atomic E-state index is 12.3. The fraction of sp³-hybridized carbons (Fsp3) is 0.424. The Morgan fingerprint density at radius 3 is 2.69 bits per heavy atom. The lowest BCUT2D eigenvalue weighted by Gasteiger charge is -2.22. The Hall–Kier alpha value is -3.78. The largest absolute Gasteiger partial charge is 0.449 e. The van der Waals surface area contributed by atoms with Gasteiger partial charge < -0.3 is 20.4 Å². The first kappa shape index (κ1) is 29.7. The normalized spacial score (nSPS) is 12.7. The SMILES string of the molecule is CC(=O)NCCc1c[nH]c2ccc(NC(=O)OCCCCCCCNc3c4c(nc5cc(Cl)ccc35)CCCC4)cc12. The molecule has 0 atom stereocenters. The summed E-state index contributed by atoms with van der Waals surface area (Å²) in [7, 11) is 0. The van der Waals surface area contributed by atoms with Crippen molar-refractivity contribution < 1.29 is 14.3 Å². The minimum Gasteiger partial charge on any atom is -0.449 e. The van der Waals surface area contributed by atoms with Gasteiger partial charge in [-0.1, -0.05) is 30.9 Å². The molecule has 5 rings (SSSR count). The number of H-pyrrole nitrogens is 1. The minimum atomic E-state index is -0.442. The molecule has 0 aliphatic heterocycles.